The number of carbonyl (C=O) groups is 1. The SMILES string of the molecule is CCOc1cc(CNc2ccccc2Cl)ccc1OCC(=O)Nc1ccc(OC)cc1. The third-order valence-electron chi connectivity index (χ3n) is 4.40. The van der Waals surface area contributed by atoms with E-state index in [1.807, 2.05) is 43.3 Å². The predicted molar refractivity (Wildman–Crippen MR) is 124 cm³/mol. The van der Waals surface area contributed by atoms with Gasteiger partial charge in [0.2, 0.25) is 0 Å². The van der Waals surface area contributed by atoms with Crippen LogP contribution in [0.5, 0.6) is 17.2 Å². The van der Waals surface area contributed by atoms with E-state index in [0.29, 0.717) is 35.4 Å². The Bertz CT molecular complexity index is 1010. The van der Waals surface area contributed by atoms with Crippen LogP contribution in [0.1, 0.15) is 12.5 Å². The third kappa shape index (κ3) is 6.55. The summed E-state index contributed by atoms with van der Waals surface area (Å²) in [5.74, 6) is 1.54. The van der Waals surface area contributed by atoms with Gasteiger partial charge in [-0.1, -0.05) is 29.8 Å². The molecule has 0 unspecified atom stereocenters. The van der Waals surface area contributed by atoms with Gasteiger partial charge in [-0.15, -0.1) is 0 Å². The van der Waals surface area contributed by atoms with Gasteiger partial charge < -0.3 is 24.8 Å². The van der Waals surface area contributed by atoms with E-state index in [2.05, 4.69) is 10.6 Å². The highest BCUT2D eigenvalue weighted by Gasteiger charge is 2.10. The van der Waals surface area contributed by atoms with Crippen molar-refractivity contribution in [3.63, 3.8) is 0 Å². The van der Waals surface area contributed by atoms with Crippen LogP contribution in [0, 0.1) is 0 Å². The van der Waals surface area contributed by atoms with Crippen LogP contribution in [-0.4, -0.2) is 26.2 Å². The molecule has 0 radical (unpaired) electrons. The first-order chi connectivity index (χ1) is 15.1. The zero-order chi connectivity index (χ0) is 22.1. The Morgan fingerprint density at radius 2 is 1.74 bits per heavy atom. The summed E-state index contributed by atoms with van der Waals surface area (Å²) < 4.78 is 16.5. The molecule has 0 aliphatic rings. The number of methoxy groups -OCH3 is 1. The van der Waals surface area contributed by atoms with E-state index in [1.165, 1.54) is 0 Å². The summed E-state index contributed by atoms with van der Waals surface area (Å²) in [5, 5.41) is 6.75. The summed E-state index contributed by atoms with van der Waals surface area (Å²) in [5.41, 5.74) is 2.52. The second kappa shape index (κ2) is 11.1. The molecule has 3 rings (SSSR count). The number of benzene rings is 3. The first kappa shape index (κ1) is 22.3. The van der Waals surface area contributed by atoms with E-state index < -0.39 is 0 Å². The van der Waals surface area contributed by atoms with E-state index in [4.69, 9.17) is 25.8 Å². The van der Waals surface area contributed by atoms with Crippen LogP contribution in [0.3, 0.4) is 0 Å². The van der Waals surface area contributed by atoms with Gasteiger partial charge in [-0.25, -0.2) is 0 Å². The highest BCUT2D eigenvalue weighted by molar-refractivity contribution is 6.33. The van der Waals surface area contributed by atoms with Crippen molar-refractivity contribution in [3.8, 4) is 17.2 Å². The number of nitrogens with one attached hydrogen (secondary N) is 2. The molecule has 3 aromatic carbocycles. The van der Waals surface area contributed by atoms with Crippen LogP contribution in [0.15, 0.2) is 66.7 Å². The molecule has 0 saturated heterocycles. The Kier molecular flexibility index (Phi) is 8.01. The lowest BCUT2D eigenvalue weighted by molar-refractivity contribution is -0.118. The molecule has 0 heterocycles. The van der Waals surface area contributed by atoms with Gasteiger partial charge in [0.05, 0.1) is 24.4 Å². The zero-order valence-electron chi connectivity index (χ0n) is 17.5. The molecule has 1 amide bonds. The summed E-state index contributed by atoms with van der Waals surface area (Å²) in [7, 11) is 1.59. The van der Waals surface area contributed by atoms with Crippen LogP contribution < -0.4 is 24.8 Å². The third-order valence-corrected chi connectivity index (χ3v) is 4.73. The lowest BCUT2D eigenvalue weighted by atomic mass is 10.2. The molecule has 7 heteroatoms. The maximum Gasteiger partial charge on any atom is 0.262 e. The fourth-order valence-corrected chi connectivity index (χ4v) is 3.07. The second-order valence-corrected chi connectivity index (χ2v) is 7.02. The van der Waals surface area contributed by atoms with Crippen molar-refractivity contribution in [3.05, 3.63) is 77.3 Å². The predicted octanol–water partition coefficient (Wildman–Crippen LogP) is 5.38. The summed E-state index contributed by atoms with van der Waals surface area (Å²) in [4.78, 5) is 12.2. The summed E-state index contributed by atoms with van der Waals surface area (Å²) >= 11 is 6.19. The van der Waals surface area contributed by atoms with Gasteiger partial charge in [0.1, 0.15) is 5.75 Å². The molecule has 0 aromatic heterocycles. The number of anilines is 2. The molecule has 0 aliphatic heterocycles. The smallest absolute Gasteiger partial charge is 0.262 e. The monoisotopic (exact) mass is 440 g/mol. The number of hydrogen-bond donors (Lipinski definition) is 2. The summed E-state index contributed by atoms with van der Waals surface area (Å²) in [6, 6.07) is 20.3. The van der Waals surface area contributed by atoms with Crippen molar-refractivity contribution in [1.29, 1.82) is 0 Å². The molecule has 0 fully saturated rings. The fraction of sp³-hybridized carbons (Fsp3) is 0.208. The maximum absolute atomic E-state index is 12.2. The molecule has 0 atom stereocenters. The van der Waals surface area contributed by atoms with Gasteiger partial charge in [-0.2, -0.15) is 0 Å². The Morgan fingerprint density at radius 1 is 0.968 bits per heavy atom. The van der Waals surface area contributed by atoms with Crippen molar-refractivity contribution in [1.82, 2.24) is 0 Å². The number of hydrogen-bond acceptors (Lipinski definition) is 5. The van der Waals surface area contributed by atoms with Crippen LogP contribution in [0.25, 0.3) is 0 Å². The van der Waals surface area contributed by atoms with Crippen molar-refractivity contribution in [2.75, 3.05) is 31.0 Å². The first-order valence-electron chi connectivity index (χ1n) is 9.90. The average Bonchev–Trinajstić information content (AvgIpc) is 2.78. The van der Waals surface area contributed by atoms with Crippen LogP contribution in [0.2, 0.25) is 5.02 Å². The minimum Gasteiger partial charge on any atom is -0.497 e. The first-order valence-corrected chi connectivity index (χ1v) is 10.3. The van der Waals surface area contributed by atoms with E-state index >= 15 is 0 Å². The Morgan fingerprint density at radius 3 is 2.45 bits per heavy atom. The Labute approximate surface area is 187 Å². The van der Waals surface area contributed by atoms with E-state index in [1.54, 1.807) is 37.4 Å². The molecule has 31 heavy (non-hydrogen) atoms. The molecular weight excluding hydrogens is 416 g/mol. The largest absolute Gasteiger partial charge is 0.497 e. The van der Waals surface area contributed by atoms with E-state index in [0.717, 1.165) is 17.0 Å². The van der Waals surface area contributed by atoms with E-state index in [9.17, 15) is 4.79 Å². The topological polar surface area (TPSA) is 68.8 Å². The number of para-hydroxylation sites is 1. The highest BCUT2D eigenvalue weighted by atomic mass is 35.5. The number of halogens is 1. The molecular formula is C24H25ClN2O4. The molecule has 0 saturated carbocycles. The molecule has 0 bridgehead atoms. The normalized spacial score (nSPS) is 10.3. The standard InChI is InChI=1S/C24H25ClN2O4/c1-3-30-23-14-17(15-26-21-7-5-4-6-20(21)25)8-13-22(23)31-16-24(28)27-18-9-11-19(29-2)12-10-18/h4-14,26H,3,15-16H2,1-2H3,(H,27,28). The van der Waals surface area contributed by atoms with Gasteiger partial charge in [0, 0.05) is 12.2 Å². The van der Waals surface area contributed by atoms with Gasteiger partial charge in [0.25, 0.3) is 5.91 Å². The quantitative estimate of drug-likeness (QED) is 0.443. The lowest BCUT2D eigenvalue weighted by Gasteiger charge is -2.14. The van der Waals surface area contributed by atoms with Crippen LogP contribution >= 0.6 is 11.6 Å². The number of rotatable bonds is 10. The molecule has 3 aromatic rings. The second-order valence-electron chi connectivity index (χ2n) is 6.61. The van der Waals surface area contributed by atoms with Gasteiger partial charge in [-0.05, 0) is 61.0 Å². The number of carbonyl (C=O) groups excluding carboxylic acids is 1. The highest BCUT2D eigenvalue weighted by Crippen LogP contribution is 2.29. The van der Waals surface area contributed by atoms with Crippen LogP contribution in [0.4, 0.5) is 11.4 Å². The minimum atomic E-state index is -0.267. The minimum absolute atomic E-state index is 0.136. The Hall–Kier alpha value is -3.38. The molecule has 0 spiro atoms. The van der Waals surface area contributed by atoms with Crippen molar-refractivity contribution >= 4 is 28.9 Å². The molecule has 6 nitrogen and oxygen atoms in total. The molecule has 162 valence electrons. The average molecular weight is 441 g/mol. The van der Waals surface area contributed by atoms with Crippen LogP contribution in [-0.2, 0) is 11.3 Å². The molecule has 2 N–H and O–H groups in total. The summed E-state index contributed by atoms with van der Waals surface area (Å²) in [6.07, 6.45) is 0. The Balaban J connectivity index is 1.59. The lowest BCUT2D eigenvalue weighted by Crippen LogP contribution is -2.20. The zero-order valence-corrected chi connectivity index (χ0v) is 18.2. The fourth-order valence-electron chi connectivity index (χ4n) is 2.87. The van der Waals surface area contributed by atoms with Gasteiger partial charge >= 0.3 is 0 Å². The number of amides is 1. The van der Waals surface area contributed by atoms with Crippen molar-refractivity contribution < 1.29 is 19.0 Å². The van der Waals surface area contributed by atoms with Gasteiger partial charge in [0.15, 0.2) is 18.1 Å². The van der Waals surface area contributed by atoms with E-state index in [-0.39, 0.29) is 12.5 Å². The van der Waals surface area contributed by atoms with Crippen molar-refractivity contribution in [2.24, 2.45) is 0 Å². The maximum atomic E-state index is 12.2. The van der Waals surface area contributed by atoms with Gasteiger partial charge in [-0.3, -0.25) is 4.79 Å². The number of ether oxygens (including phenoxy) is 3. The van der Waals surface area contributed by atoms with Crippen molar-refractivity contribution in [2.45, 2.75) is 13.5 Å². The summed E-state index contributed by atoms with van der Waals surface area (Å²) in [6.45, 7) is 2.82. The molecule has 0 aliphatic carbocycles.